The molecule has 0 saturated carbocycles. The summed E-state index contributed by atoms with van der Waals surface area (Å²) in [6.07, 6.45) is 3.09. The lowest BCUT2D eigenvalue weighted by Crippen LogP contribution is -2.39. The Kier molecular flexibility index (Phi) is 4.22. The van der Waals surface area contributed by atoms with Crippen molar-refractivity contribution in [2.75, 3.05) is 40.0 Å². The molecule has 3 aliphatic rings. The fourth-order valence-corrected chi connectivity index (χ4v) is 4.44. The van der Waals surface area contributed by atoms with Crippen molar-refractivity contribution in [3.8, 4) is 5.75 Å². The van der Waals surface area contributed by atoms with E-state index < -0.39 is 0 Å². The van der Waals surface area contributed by atoms with Crippen LogP contribution in [0.5, 0.6) is 5.75 Å². The molecule has 3 fully saturated rings. The van der Waals surface area contributed by atoms with Gasteiger partial charge in [-0.05, 0) is 43.5 Å². The molecule has 24 heavy (non-hydrogen) atoms. The Hall–Kier alpha value is -1.59. The second-order valence-corrected chi connectivity index (χ2v) is 7.35. The van der Waals surface area contributed by atoms with Crippen LogP contribution in [0.25, 0.3) is 0 Å². The molecule has 3 saturated heterocycles. The van der Waals surface area contributed by atoms with Gasteiger partial charge >= 0.3 is 0 Å². The van der Waals surface area contributed by atoms with Gasteiger partial charge in [-0.15, -0.1) is 0 Å². The minimum Gasteiger partial charge on any atom is -0.497 e. The standard InChI is InChI=1S/C19H26N2O3/c1-23-17-4-2-3-15(11-17)12-20-8-6-19(18(20)22)7-9-21(14-19)16-5-10-24-13-16/h2-4,11,16H,5-10,12-14H2,1H3/t16-,19+/m0/s1. The smallest absolute Gasteiger partial charge is 0.230 e. The van der Waals surface area contributed by atoms with E-state index in [0.717, 1.165) is 63.4 Å². The number of methoxy groups -OCH3 is 1. The highest BCUT2D eigenvalue weighted by atomic mass is 16.5. The number of nitrogens with zero attached hydrogens (tertiary/aromatic N) is 2. The van der Waals surface area contributed by atoms with Gasteiger partial charge in [0.05, 0.1) is 19.1 Å². The average Bonchev–Trinajstić information content (AvgIpc) is 3.33. The fourth-order valence-electron chi connectivity index (χ4n) is 4.44. The molecule has 3 aliphatic heterocycles. The van der Waals surface area contributed by atoms with Crippen LogP contribution in [0.1, 0.15) is 24.8 Å². The van der Waals surface area contributed by atoms with Gasteiger partial charge in [-0.1, -0.05) is 12.1 Å². The van der Waals surface area contributed by atoms with E-state index in [1.54, 1.807) is 7.11 Å². The molecule has 0 unspecified atom stereocenters. The number of likely N-dealkylation sites (tertiary alicyclic amines) is 2. The molecule has 0 aromatic heterocycles. The maximum Gasteiger partial charge on any atom is 0.230 e. The van der Waals surface area contributed by atoms with E-state index in [0.29, 0.717) is 18.5 Å². The van der Waals surface area contributed by atoms with Crippen LogP contribution in [-0.2, 0) is 16.1 Å². The lowest BCUT2D eigenvalue weighted by molar-refractivity contribution is -0.136. The second-order valence-electron chi connectivity index (χ2n) is 7.35. The Labute approximate surface area is 143 Å². The van der Waals surface area contributed by atoms with E-state index in [4.69, 9.17) is 9.47 Å². The molecule has 1 aromatic carbocycles. The predicted octanol–water partition coefficient (Wildman–Crippen LogP) is 1.91. The first-order valence-corrected chi connectivity index (χ1v) is 8.94. The Morgan fingerprint density at radius 3 is 3.00 bits per heavy atom. The van der Waals surface area contributed by atoms with Crippen molar-refractivity contribution in [1.82, 2.24) is 9.80 Å². The van der Waals surface area contributed by atoms with E-state index in [1.165, 1.54) is 0 Å². The number of hydrogen-bond donors (Lipinski definition) is 0. The first-order chi connectivity index (χ1) is 11.7. The van der Waals surface area contributed by atoms with Crippen LogP contribution >= 0.6 is 0 Å². The summed E-state index contributed by atoms with van der Waals surface area (Å²) in [5.41, 5.74) is 0.986. The first-order valence-electron chi connectivity index (χ1n) is 8.94. The lowest BCUT2D eigenvalue weighted by Gasteiger charge is -2.26. The zero-order valence-corrected chi connectivity index (χ0v) is 14.4. The van der Waals surface area contributed by atoms with Crippen LogP contribution in [0.3, 0.4) is 0 Å². The summed E-state index contributed by atoms with van der Waals surface area (Å²) in [6.45, 7) is 5.19. The quantitative estimate of drug-likeness (QED) is 0.846. The van der Waals surface area contributed by atoms with Crippen molar-refractivity contribution < 1.29 is 14.3 Å². The van der Waals surface area contributed by atoms with Crippen LogP contribution in [0.2, 0.25) is 0 Å². The Morgan fingerprint density at radius 1 is 1.33 bits per heavy atom. The molecule has 4 rings (SSSR count). The summed E-state index contributed by atoms with van der Waals surface area (Å²) >= 11 is 0. The van der Waals surface area contributed by atoms with E-state index in [9.17, 15) is 4.79 Å². The molecular formula is C19H26N2O3. The van der Waals surface area contributed by atoms with Crippen LogP contribution in [-0.4, -0.2) is 61.7 Å². The van der Waals surface area contributed by atoms with E-state index in [1.807, 2.05) is 23.1 Å². The molecule has 0 radical (unpaired) electrons. The Morgan fingerprint density at radius 2 is 2.21 bits per heavy atom. The number of benzene rings is 1. The molecule has 5 heteroatoms. The predicted molar refractivity (Wildman–Crippen MR) is 90.9 cm³/mol. The molecule has 2 atom stereocenters. The number of ether oxygens (including phenoxy) is 2. The molecule has 0 bridgehead atoms. The molecule has 3 heterocycles. The third-order valence-electron chi connectivity index (χ3n) is 5.91. The highest BCUT2D eigenvalue weighted by Gasteiger charge is 2.51. The summed E-state index contributed by atoms with van der Waals surface area (Å²) in [5.74, 6) is 1.19. The van der Waals surface area contributed by atoms with E-state index >= 15 is 0 Å². The van der Waals surface area contributed by atoms with Gasteiger partial charge in [0.1, 0.15) is 5.75 Å². The van der Waals surface area contributed by atoms with Gasteiger partial charge < -0.3 is 14.4 Å². The van der Waals surface area contributed by atoms with Gasteiger partial charge in [-0.2, -0.15) is 0 Å². The maximum absolute atomic E-state index is 13.1. The van der Waals surface area contributed by atoms with Crippen molar-refractivity contribution in [3.63, 3.8) is 0 Å². The summed E-state index contributed by atoms with van der Waals surface area (Å²) in [7, 11) is 1.68. The van der Waals surface area contributed by atoms with Gasteiger partial charge in [0.15, 0.2) is 0 Å². The number of amides is 1. The molecule has 0 N–H and O–H groups in total. The topological polar surface area (TPSA) is 42.0 Å². The zero-order chi connectivity index (χ0) is 16.6. The highest BCUT2D eigenvalue weighted by Crippen LogP contribution is 2.42. The number of carbonyl (C=O) groups excluding carboxylic acids is 1. The maximum atomic E-state index is 13.1. The third kappa shape index (κ3) is 2.80. The van der Waals surface area contributed by atoms with Crippen LogP contribution in [0.15, 0.2) is 24.3 Å². The lowest BCUT2D eigenvalue weighted by atomic mass is 9.85. The molecule has 0 aliphatic carbocycles. The SMILES string of the molecule is COc1cccc(CN2CC[C@]3(CCN([C@H]4CCOC4)C3)C2=O)c1. The third-order valence-corrected chi connectivity index (χ3v) is 5.91. The molecule has 130 valence electrons. The summed E-state index contributed by atoms with van der Waals surface area (Å²) in [4.78, 5) is 17.6. The number of carbonyl (C=O) groups is 1. The van der Waals surface area contributed by atoms with Crippen molar-refractivity contribution >= 4 is 5.91 Å². The normalized spacial score (nSPS) is 30.6. The first kappa shape index (κ1) is 15.9. The Bertz CT molecular complexity index is 614. The second kappa shape index (κ2) is 6.37. The van der Waals surface area contributed by atoms with Crippen molar-refractivity contribution in [2.24, 2.45) is 5.41 Å². The van der Waals surface area contributed by atoms with Crippen molar-refractivity contribution in [3.05, 3.63) is 29.8 Å². The average molecular weight is 330 g/mol. The molecular weight excluding hydrogens is 304 g/mol. The van der Waals surface area contributed by atoms with Crippen LogP contribution < -0.4 is 4.74 Å². The van der Waals surface area contributed by atoms with Crippen molar-refractivity contribution in [2.45, 2.75) is 31.8 Å². The Balaban J connectivity index is 1.42. The van der Waals surface area contributed by atoms with Gasteiger partial charge in [0.2, 0.25) is 5.91 Å². The minimum absolute atomic E-state index is 0.151. The zero-order valence-electron chi connectivity index (χ0n) is 14.4. The molecule has 1 amide bonds. The van der Waals surface area contributed by atoms with Gasteiger partial charge in [0, 0.05) is 32.3 Å². The van der Waals surface area contributed by atoms with Gasteiger partial charge in [-0.25, -0.2) is 0 Å². The molecule has 1 spiro atoms. The van der Waals surface area contributed by atoms with Crippen LogP contribution in [0.4, 0.5) is 0 Å². The largest absolute Gasteiger partial charge is 0.497 e. The molecule has 5 nitrogen and oxygen atoms in total. The number of hydrogen-bond acceptors (Lipinski definition) is 4. The molecule has 1 aromatic rings. The van der Waals surface area contributed by atoms with Crippen LogP contribution in [0, 0.1) is 5.41 Å². The summed E-state index contributed by atoms with van der Waals surface area (Å²) in [6, 6.07) is 8.54. The number of rotatable bonds is 4. The van der Waals surface area contributed by atoms with Gasteiger partial charge in [0.25, 0.3) is 0 Å². The monoisotopic (exact) mass is 330 g/mol. The minimum atomic E-state index is -0.151. The van der Waals surface area contributed by atoms with Gasteiger partial charge in [-0.3, -0.25) is 9.69 Å². The highest BCUT2D eigenvalue weighted by molar-refractivity contribution is 5.85. The van der Waals surface area contributed by atoms with Crippen molar-refractivity contribution in [1.29, 1.82) is 0 Å². The summed E-state index contributed by atoms with van der Waals surface area (Å²) in [5, 5.41) is 0. The summed E-state index contributed by atoms with van der Waals surface area (Å²) < 4.78 is 10.8. The fraction of sp³-hybridized carbons (Fsp3) is 0.632. The van der Waals surface area contributed by atoms with E-state index in [-0.39, 0.29) is 5.41 Å². The van der Waals surface area contributed by atoms with E-state index in [2.05, 4.69) is 11.0 Å².